The topological polar surface area (TPSA) is 61.7 Å². The molecule has 2 aliphatic rings. The van der Waals surface area contributed by atoms with Gasteiger partial charge in [-0.05, 0) is 22.6 Å². The highest BCUT2D eigenvalue weighted by molar-refractivity contribution is 14.1. The lowest BCUT2D eigenvalue weighted by atomic mass is 10.0. The molecule has 2 saturated heterocycles. The molecule has 0 radical (unpaired) electrons. The highest BCUT2D eigenvalue weighted by Crippen LogP contribution is 2.35. The number of nitro benzene ring substituents is 1. The highest BCUT2D eigenvalue weighted by atomic mass is 127. The Bertz CT molecular complexity index is 559. The molecule has 1 aromatic carbocycles. The Morgan fingerprint density at radius 1 is 1.33 bits per heavy atom. The number of nitrogens with zero attached hydrogens (tertiary/aromatic N) is 3. The van der Waals surface area contributed by atoms with E-state index in [-0.39, 0.29) is 9.26 Å². The third-order valence-corrected chi connectivity index (χ3v) is 4.91. The quantitative estimate of drug-likeness (QED) is 0.468. The van der Waals surface area contributed by atoms with Gasteiger partial charge in [-0.3, -0.25) is 15.0 Å². The van der Waals surface area contributed by atoms with Gasteiger partial charge in [0.2, 0.25) is 0 Å². The van der Waals surface area contributed by atoms with E-state index in [0.29, 0.717) is 11.7 Å². The fourth-order valence-electron chi connectivity index (χ4n) is 2.86. The van der Waals surface area contributed by atoms with Crippen LogP contribution < -0.4 is 10.2 Å². The number of halogens is 2. The first-order valence-electron chi connectivity index (χ1n) is 6.89. The lowest BCUT2D eigenvalue weighted by Crippen LogP contribution is -2.63. The fraction of sp³-hybridized carbons (Fsp3) is 0.538. The summed E-state index contributed by atoms with van der Waals surface area (Å²) in [6, 6.07) is 3.01. The summed E-state index contributed by atoms with van der Waals surface area (Å²) in [5, 5.41) is 14.5. The van der Waals surface area contributed by atoms with E-state index < -0.39 is 10.7 Å². The third-order valence-electron chi connectivity index (χ3n) is 4.09. The van der Waals surface area contributed by atoms with Crippen molar-refractivity contribution in [2.45, 2.75) is 6.04 Å². The van der Waals surface area contributed by atoms with Crippen molar-refractivity contribution in [3.8, 4) is 0 Å². The van der Waals surface area contributed by atoms with Crippen molar-refractivity contribution >= 4 is 34.0 Å². The van der Waals surface area contributed by atoms with Crippen LogP contribution in [0.5, 0.6) is 0 Å². The second-order valence-electron chi connectivity index (χ2n) is 5.36. The fourth-order valence-corrected chi connectivity index (χ4v) is 3.31. The second kappa shape index (κ2) is 6.01. The summed E-state index contributed by atoms with van der Waals surface area (Å²) in [4.78, 5) is 15.0. The van der Waals surface area contributed by atoms with E-state index in [9.17, 15) is 14.5 Å². The number of anilines is 1. The number of nitro groups is 1. The maximum Gasteiger partial charge on any atom is 0.293 e. The average molecular weight is 406 g/mol. The van der Waals surface area contributed by atoms with Gasteiger partial charge in [0.1, 0.15) is 11.5 Å². The molecule has 21 heavy (non-hydrogen) atoms. The smallest absolute Gasteiger partial charge is 0.293 e. The van der Waals surface area contributed by atoms with Crippen molar-refractivity contribution in [2.24, 2.45) is 0 Å². The van der Waals surface area contributed by atoms with Crippen LogP contribution in [0.25, 0.3) is 0 Å². The standard InChI is InChI=1S/C13H16FIN4O2/c14-10-5-12(13(19(20)21)6-11(10)15)18-7-9(8-18)17-3-1-16-2-4-17/h5-6,9,16H,1-4,7-8H2. The molecule has 0 aliphatic carbocycles. The zero-order valence-corrected chi connectivity index (χ0v) is 13.5. The Morgan fingerprint density at radius 2 is 2.00 bits per heavy atom. The van der Waals surface area contributed by atoms with Gasteiger partial charge >= 0.3 is 0 Å². The molecule has 0 atom stereocenters. The van der Waals surface area contributed by atoms with Crippen molar-refractivity contribution in [3.63, 3.8) is 0 Å². The molecule has 8 heteroatoms. The Kier molecular flexibility index (Phi) is 4.27. The maximum atomic E-state index is 13.7. The normalized spacial score (nSPS) is 20.4. The van der Waals surface area contributed by atoms with E-state index in [4.69, 9.17) is 0 Å². The van der Waals surface area contributed by atoms with Crippen molar-refractivity contribution in [1.82, 2.24) is 10.2 Å². The molecule has 2 aliphatic heterocycles. The van der Waals surface area contributed by atoms with Crippen LogP contribution in [0.1, 0.15) is 0 Å². The summed E-state index contributed by atoms with van der Waals surface area (Å²) in [6.45, 7) is 5.41. The Morgan fingerprint density at radius 3 is 2.62 bits per heavy atom. The SMILES string of the molecule is O=[N+]([O-])c1cc(I)c(F)cc1N1CC(N2CCNCC2)C1. The molecule has 0 aromatic heterocycles. The van der Waals surface area contributed by atoms with Crippen molar-refractivity contribution in [1.29, 1.82) is 0 Å². The molecular formula is C13H16FIN4O2. The van der Waals surface area contributed by atoms with E-state index in [1.807, 2.05) is 4.90 Å². The summed E-state index contributed by atoms with van der Waals surface area (Å²) >= 11 is 1.78. The van der Waals surface area contributed by atoms with E-state index in [1.54, 1.807) is 22.6 Å². The van der Waals surface area contributed by atoms with Gasteiger partial charge in [-0.2, -0.15) is 0 Å². The first kappa shape index (κ1) is 14.9. The van der Waals surface area contributed by atoms with Crippen LogP contribution in [0.4, 0.5) is 15.8 Å². The van der Waals surface area contributed by atoms with Crippen LogP contribution in [0, 0.1) is 19.5 Å². The number of benzene rings is 1. The molecule has 0 bridgehead atoms. The Balaban J connectivity index is 1.74. The first-order chi connectivity index (χ1) is 10.1. The van der Waals surface area contributed by atoms with E-state index in [0.717, 1.165) is 39.3 Å². The number of hydrogen-bond acceptors (Lipinski definition) is 5. The molecule has 0 spiro atoms. The maximum absolute atomic E-state index is 13.7. The number of hydrogen-bond donors (Lipinski definition) is 1. The molecule has 0 unspecified atom stereocenters. The predicted molar refractivity (Wildman–Crippen MR) is 86.2 cm³/mol. The van der Waals surface area contributed by atoms with E-state index in [1.165, 1.54) is 12.1 Å². The van der Waals surface area contributed by atoms with Gasteiger partial charge in [-0.15, -0.1) is 0 Å². The van der Waals surface area contributed by atoms with Crippen LogP contribution in [0.15, 0.2) is 12.1 Å². The molecule has 0 saturated carbocycles. The van der Waals surface area contributed by atoms with Gasteiger partial charge in [0, 0.05) is 57.4 Å². The predicted octanol–water partition coefficient (Wildman–Crippen LogP) is 1.43. The Labute approximate surface area is 135 Å². The van der Waals surface area contributed by atoms with E-state index >= 15 is 0 Å². The van der Waals surface area contributed by atoms with Crippen LogP contribution in [0.3, 0.4) is 0 Å². The van der Waals surface area contributed by atoms with Gasteiger partial charge < -0.3 is 10.2 Å². The molecule has 2 fully saturated rings. The Hall–Kier alpha value is -1.00. The zero-order chi connectivity index (χ0) is 15.0. The molecular weight excluding hydrogens is 390 g/mol. The van der Waals surface area contributed by atoms with Gasteiger partial charge in [-0.25, -0.2) is 4.39 Å². The molecule has 3 rings (SSSR count). The summed E-state index contributed by atoms with van der Waals surface area (Å²) in [5.41, 5.74) is 0.379. The van der Waals surface area contributed by atoms with Crippen molar-refractivity contribution in [2.75, 3.05) is 44.2 Å². The number of nitrogens with one attached hydrogen (secondary N) is 1. The van der Waals surface area contributed by atoms with Crippen molar-refractivity contribution < 1.29 is 9.31 Å². The molecule has 6 nitrogen and oxygen atoms in total. The molecule has 114 valence electrons. The minimum atomic E-state index is -0.435. The van der Waals surface area contributed by atoms with Gasteiger partial charge in [0.05, 0.1) is 8.49 Å². The summed E-state index contributed by atoms with van der Waals surface area (Å²) < 4.78 is 14.0. The summed E-state index contributed by atoms with van der Waals surface area (Å²) in [7, 11) is 0. The lowest BCUT2D eigenvalue weighted by molar-refractivity contribution is -0.384. The molecule has 1 N–H and O–H groups in total. The van der Waals surface area contributed by atoms with Gasteiger partial charge in [-0.1, -0.05) is 0 Å². The van der Waals surface area contributed by atoms with Gasteiger partial charge in [0.25, 0.3) is 5.69 Å². The van der Waals surface area contributed by atoms with Crippen molar-refractivity contribution in [3.05, 3.63) is 31.6 Å². The summed E-state index contributed by atoms with van der Waals surface area (Å²) in [5.74, 6) is -0.401. The largest absolute Gasteiger partial charge is 0.363 e. The molecule has 0 amide bonds. The van der Waals surface area contributed by atoms with Crippen LogP contribution in [-0.2, 0) is 0 Å². The number of piperazine rings is 1. The second-order valence-corrected chi connectivity index (χ2v) is 6.52. The first-order valence-corrected chi connectivity index (χ1v) is 7.97. The lowest BCUT2D eigenvalue weighted by Gasteiger charge is -2.47. The monoisotopic (exact) mass is 406 g/mol. The minimum absolute atomic E-state index is 0.0143. The molecule has 1 aromatic rings. The highest BCUT2D eigenvalue weighted by Gasteiger charge is 2.35. The average Bonchev–Trinajstić information content (AvgIpc) is 2.41. The summed E-state index contributed by atoms with van der Waals surface area (Å²) in [6.07, 6.45) is 0. The zero-order valence-electron chi connectivity index (χ0n) is 11.4. The minimum Gasteiger partial charge on any atom is -0.363 e. The third kappa shape index (κ3) is 2.97. The van der Waals surface area contributed by atoms with Crippen LogP contribution in [-0.4, -0.2) is 55.1 Å². The van der Waals surface area contributed by atoms with Crippen LogP contribution >= 0.6 is 22.6 Å². The van der Waals surface area contributed by atoms with E-state index in [2.05, 4.69) is 10.2 Å². The van der Waals surface area contributed by atoms with Gasteiger partial charge in [0.15, 0.2) is 0 Å². The molecule has 2 heterocycles. The number of rotatable bonds is 3. The van der Waals surface area contributed by atoms with Crippen LogP contribution in [0.2, 0.25) is 0 Å².